The van der Waals surface area contributed by atoms with Crippen molar-refractivity contribution in [1.29, 1.82) is 0 Å². The third-order valence-electron chi connectivity index (χ3n) is 4.53. The fourth-order valence-corrected chi connectivity index (χ4v) is 2.93. The van der Waals surface area contributed by atoms with Gasteiger partial charge in [-0.1, -0.05) is 5.16 Å². The fraction of sp³-hybridized carbons (Fsp3) is 0.625. The lowest BCUT2D eigenvalue weighted by Gasteiger charge is -2.36. The van der Waals surface area contributed by atoms with Gasteiger partial charge in [0.25, 0.3) is 0 Å². The number of aromatic nitrogens is 4. The van der Waals surface area contributed by atoms with Crippen LogP contribution in [0.3, 0.4) is 0 Å². The molecule has 1 N–H and O–H groups in total. The van der Waals surface area contributed by atoms with E-state index in [1.807, 2.05) is 38.6 Å². The van der Waals surface area contributed by atoms with E-state index >= 15 is 0 Å². The van der Waals surface area contributed by atoms with E-state index in [9.17, 15) is 0 Å². The molecule has 2 aromatic heterocycles. The third kappa shape index (κ3) is 4.16. The Morgan fingerprint density at radius 2 is 2.00 bits per heavy atom. The predicted octanol–water partition coefficient (Wildman–Crippen LogP) is 0.313. The van der Waals surface area contributed by atoms with Crippen molar-refractivity contribution in [3.63, 3.8) is 0 Å². The molecule has 0 aromatic carbocycles. The molecule has 0 spiro atoms. The Balaban J connectivity index is 1.49. The molecule has 1 aliphatic rings. The smallest absolute Gasteiger partial charge is 0.194 e. The van der Waals surface area contributed by atoms with Crippen molar-refractivity contribution in [2.24, 2.45) is 12.0 Å². The van der Waals surface area contributed by atoms with E-state index in [0.29, 0.717) is 6.54 Å². The van der Waals surface area contributed by atoms with Crippen LogP contribution in [0, 0.1) is 13.8 Å². The number of hydrogen-bond acceptors (Lipinski definition) is 6. The molecule has 0 aliphatic carbocycles. The van der Waals surface area contributed by atoms with Crippen LogP contribution in [0.5, 0.6) is 0 Å². The van der Waals surface area contributed by atoms with Crippen molar-refractivity contribution in [2.45, 2.75) is 26.9 Å². The average Bonchev–Trinajstić information content (AvgIpc) is 3.16. The molecule has 9 heteroatoms. The zero-order valence-corrected chi connectivity index (χ0v) is 15.4. The van der Waals surface area contributed by atoms with Gasteiger partial charge in [-0.2, -0.15) is 0 Å². The first kappa shape index (κ1) is 17.4. The summed E-state index contributed by atoms with van der Waals surface area (Å²) >= 11 is 0. The van der Waals surface area contributed by atoms with Gasteiger partial charge >= 0.3 is 0 Å². The van der Waals surface area contributed by atoms with Gasteiger partial charge in [0.15, 0.2) is 11.8 Å². The molecule has 1 aliphatic heterocycles. The minimum absolute atomic E-state index is 0.614. The molecular formula is C16H26N8O. The molecule has 1 fully saturated rings. The average molecular weight is 346 g/mol. The van der Waals surface area contributed by atoms with Crippen molar-refractivity contribution in [1.82, 2.24) is 35.0 Å². The van der Waals surface area contributed by atoms with Crippen molar-refractivity contribution >= 4 is 5.96 Å². The normalized spacial score (nSPS) is 16.5. The molecule has 25 heavy (non-hydrogen) atoms. The highest BCUT2D eigenvalue weighted by atomic mass is 16.5. The number of guanidine groups is 1. The van der Waals surface area contributed by atoms with Crippen LogP contribution >= 0.6 is 0 Å². The van der Waals surface area contributed by atoms with Crippen LogP contribution in [-0.4, -0.2) is 68.9 Å². The largest absolute Gasteiger partial charge is 0.361 e. The number of nitrogens with zero attached hydrogens (tertiary/aromatic N) is 7. The second-order valence-corrected chi connectivity index (χ2v) is 6.32. The molecule has 0 amide bonds. The lowest BCUT2D eigenvalue weighted by molar-refractivity contribution is 0.169. The lowest BCUT2D eigenvalue weighted by atomic mass is 10.3. The number of piperazine rings is 1. The Bertz CT molecular complexity index is 726. The van der Waals surface area contributed by atoms with Gasteiger partial charge in [-0.15, -0.1) is 10.2 Å². The Hall–Kier alpha value is -2.42. The maximum atomic E-state index is 5.14. The Morgan fingerprint density at radius 1 is 1.24 bits per heavy atom. The standard InChI is InChI=1S/C16H26N8O/c1-12-9-14(21-25-12)11-23-5-7-24(8-6-23)16(17-3)18-10-15-20-19-13(2)22(15)4/h9H,5-8,10-11H2,1-4H3,(H,17,18). The molecule has 0 saturated carbocycles. The van der Waals surface area contributed by atoms with Gasteiger partial charge in [0.05, 0.1) is 12.2 Å². The quantitative estimate of drug-likeness (QED) is 0.630. The summed E-state index contributed by atoms with van der Waals surface area (Å²) in [4.78, 5) is 9.06. The maximum Gasteiger partial charge on any atom is 0.194 e. The molecule has 136 valence electrons. The number of hydrogen-bond donors (Lipinski definition) is 1. The molecule has 9 nitrogen and oxygen atoms in total. The van der Waals surface area contributed by atoms with Gasteiger partial charge in [-0.3, -0.25) is 9.89 Å². The van der Waals surface area contributed by atoms with Gasteiger partial charge in [-0.25, -0.2) is 0 Å². The summed E-state index contributed by atoms with van der Waals surface area (Å²) in [5.74, 6) is 3.57. The Kier molecular flexibility index (Phi) is 5.32. The van der Waals surface area contributed by atoms with E-state index in [2.05, 4.69) is 35.5 Å². The van der Waals surface area contributed by atoms with Crippen LogP contribution < -0.4 is 5.32 Å². The summed E-state index contributed by atoms with van der Waals surface area (Å²) in [5.41, 5.74) is 0.992. The van der Waals surface area contributed by atoms with Gasteiger partial charge in [-0.05, 0) is 13.8 Å². The zero-order chi connectivity index (χ0) is 17.8. The Morgan fingerprint density at radius 3 is 2.56 bits per heavy atom. The molecule has 0 unspecified atom stereocenters. The van der Waals surface area contributed by atoms with Gasteiger partial charge in [0, 0.05) is 52.9 Å². The van der Waals surface area contributed by atoms with Crippen LogP contribution in [0.15, 0.2) is 15.6 Å². The monoisotopic (exact) mass is 346 g/mol. The van der Waals surface area contributed by atoms with E-state index in [0.717, 1.165) is 61.8 Å². The minimum Gasteiger partial charge on any atom is -0.361 e. The summed E-state index contributed by atoms with van der Waals surface area (Å²) in [6.07, 6.45) is 0. The van der Waals surface area contributed by atoms with E-state index in [4.69, 9.17) is 4.52 Å². The highest BCUT2D eigenvalue weighted by molar-refractivity contribution is 5.79. The highest BCUT2D eigenvalue weighted by Crippen LogP contribution is 2.09. The van der Waals surface area contributed by atoms with E-state index < -0.39 is 0 Å². The molecule has 0 atom stereocenters. The van der Waals surface area contributed by atoms with Crippen LogP contribution in [0.25, 0.3) is 0 Å². The summed E-state index contributed by atoms with van der Waals surface area (Å²) in [7, 11) is 3.79. The number of rotatable bonds is 4. The summed E-state index contributed by atoms with van der Waals surface area (Å²) < 4.78 is 7.12. The Labute approximate surface area is 147 Å². The SMILES string of the molecule is CN=C(NCc1nnc(C)n1C)N1CCN(Cc2cc(C)on2)CC1. The number of nitrogens with one attached hydrogen (secondary N) is 1. The highest BCUT2D eigenvalue weighted by Gasteiger charge is 2.20. The second kappa shape index (κ2) is 7.64. The molecule has 0 bridgehead atoms. The molecule has 2 aromatic rings. The second-order valence-electron chi connectivity index (χ2n) is 6.32. The minimum atomic E-state index is 0.614. The summed E-state index contributed by atoms with van der Waals surface area (Å²) in [6, 6.07) is 2.00. The van der Waals surface area contributed by atoms with Gasteiger partial charge in [0.1, 0.15) is 11.6 Å². The molecule has 1 saturated heterocycles. The van der Waals surface area contributed by atoms with Gasteiger partial charge in [0.2, 0.25) is 0 Å². The summed E-state index contributed by atoms with van der Waals surface area (Å²) in [5, 5.41) is 15.7. The fourth-order valence-electron chi connectivity index (χ4n) is 2.93. The number of aliphatic imine (C=N–C) groups is 1. The van der Waals surface area contributed by atoms with E-state index in [1.165, 1.54) is 0 Å². The van der Waals surface area contributed by atoms with E-state index in [-0.39, 0.29) is 0 Å². The lowest BCUT2D eigenvalue weighted by Crippen LogP contribution is -2.52. The summed E-state index contributed by atoms with van der Waals surface area (Å²) in [6.45, 7) is 9.09. The maximum absolute atomic E-state index is 5.14. The number of aryl methyl sites for hydroxylation is 2. The first-order valence-corrected chi connectivity index (χ1v) is 8.52. The van der Waals surface area contributed by atoms with Crippen LogP contribution in [0.4, 0.5) is 0 Å². The van der Waals surface area contributed by atoms with Crippen LogP contribution in [-0.2, 0) is 20.1 Å². The van der Waals surface area contributed by atoms with Crippen LogP contribution in [0.2, 0.25) is 0 Å². The third-order valence-corrected chi connectivity index (χ3v) is 4.53. The van der Waals surface area contributed by atoms with Crippen molar-refractivity contribution in [2.75, 3.05) is 33.2 Å². The first-order chi connectivity index (χ1) is 12.1. The van der Waals surface area contributed by atoms with Crippen molar-refractivity contribution < 1.29 is 4.52 Å². The molecular weight excluding hydrogens is 320 g/mol. The molecule has 3 heterocycles. The van der Waals surface area contributed by atoms with Gasteiger partial charge < -0.3 is 19.3 Å². The first-order valence-electron chi connectivity index (χ1n) is 8.52. The molecule has 0 radical (unpaired) electrons. The topological polar surface area (TPSA) is 87.6 Å². The molecule has 3 rings (SSSR count). The van der Waals surface area contributed by atoms with Crippen LogP contribution in [0.1, 0.15) is 23.1 Å². The van der Waals surface area contributed by atoms with Crippen molar-refractivity contribution in [3.05, 3.63) is 29.2 Å². The van der Waals surface area contributed by atoms with Crippen molar-refractivity contribution in [3.8, 4) is 0 Å². The predicted molar refractivity (Wildman–Crippen MR) is 94.0 cm³/mol. The zero-order valence-electron chi connectivity index (χ0n) is 15.4. The van der Waals surface area contributed by atoms with E-state index in [1.54, 1.807) is 0 Å².